The first-order valence-corrected chi connectivity index (χ1v) is 9.20. The Kier molecular flexibility index (Phi) is 5.46. The average molecular weight is 410 g/mol. The molecule has 1 unspecified atom stereocenters. The van der Waals surface area contributed by atoms with Crippen LogP contribution in [0.3, 0.4) is 0 Å². The number of rotatable bonds is 5. The molecule has 1 aliphatic rings. The Bertz CT molecular complexity index is 933. The van der Waals surface area contributed by atoms with Gasteiger partial charge in [0.1, 0.15) is 0 Å². The maximum absolute atomic E-state index is 13.4. The van der Waals surface area contributed by atoms with E-state index in [1.54, 1.807) is 12.1 Å². The number of anilines is 1. The lowest BCUT2D eigenvalue weighted by Crippen LogP contribution is -2.49. The molecule has 1 amide bonds. The van der Waals surface area contributed by atoms with Gasteiger partial charge in [-0.05, 0) is 45.3 Å². The van der Waals surface area contributed by atoms with Crippen LogP contribution in [0.2, 0.25) is 0 Å². The van der Waals surface area contributed by atoms with E-state index in [-0.39, 0.29) is 11.7 Å². The molecule has 1 aromatic heterocycles. The van der Waals surface area contributed by atoms with Crippen LogP contribution in [-0.4, -0.2) is 36.8 Å². The van der Waals surface area contributed by atoms with E-state index in [0.717, 1.165) is 15.8 Å². The van der Waals surface area contributed by atoms with Crippen molar-refractivity contribution in [1.29, 1.82) is 0 Å². The third kappa shape index (κ3) is 3.41. The topological polar surface area (TPSA) is 83.0 Å². The lowest BCUT2D eigenvalue weighted by molar-refractivity contribution is -0.141. The molecule has 158 valence electrons. The molecular weight excluding hydrogens is 385 g/mol. The molecule has 2 aromatic rings. The van der Waals surface area contributed by atoms with Crippen molar-refractivity contribution < 1.29 is 18.0 Å². The molecule has 1 atom stereocenters. The van der Waals surface area contributed by atoms with Crippen molar-refractivity contribution in [3.05, 3.63) is 46.3 Å². The minimum Gasteiger partial charge on any atom is -0.322 e. The van der Waals surface area contributed by atoms with Gasteiger partial charge >= 0.3 is 6.18 Å². The maximum Gasteiger partial charge on any atom is 0.435 e. The molecule has 0 aliphatic heterocycles. The highest BCUT2D eigenvalue weighted by Crippen LogP contribution is 2.45. The zero-order chi connectivity index (χ0) is 21.6. The lowest BCUT2D eigenvalue weighted by atomic mass is 10.0. The molecule has 4 N–H and O–H groups in total. The summed E-state index contributed by atoms with van der Waals surface area (Å²) in [7, 11) is 6.85. The largest absolute Gasteiger partial charge is 0.435 e. The fourth-order valence-electron chi connectivity index (χ4n) is 4.05. The number of carbonyl (C=O) groups is 1. The quantitative estimate of drug-likeness (QED) is 0.569. The summed E-state index contributed by atoms with van der Waals surface area (Å²) in [6.45, 7) is 1.44. The molecule has 10 heteroatoms. The van der Waals surface area contributed by atoms with Gasteiger partial charge in [0, 0.05) is 30.9 Å². The number of hydrogen-bond donors (Lipinski definition) is 4. The number of alkyl halides is 3. The van der Waals surface area contributed by atoms with E-state index in [4.69, 9.17) is 0 Å². The summed E-state index contributed by atoms with van der Waals surface area (Å²) in [5.74, 6) is -0.836. The Labute approximate surface area is 167 Å². The molecule has 1 aromatic carbocycles. The number of amides is 1. The second kappa shape index (κ2) is 7.43. The standard InChI is InChI=1S/C19H25F3N6O/c1-10-14(16(19(20,21)22)27-28(10)5)17(29)26-12-8-6-7-11-15(12)13(23-2)9-18(11,24-3)25-4/h6-8,13,23-25H,9H2,1-5H3,(H,26,29). The van der Waals surface area contributed by atoms with Crippen LogP contribution in [-0.2, 0) is 18.9 Å². The van der Waals surface area contributed by atoms with Gasteiger partial charge in [-0.2, -0.15) is 18.3 Å². The predicted octanol–water partition coefficient (Wildman–Crippen LogP) is 2.26. The summed E-state index contributed by atoms with van der Waals surface area (Å²) in [6, 6.07) is 5.31. The number of benzene rings is 1. The Morgan fingerprint density at radius 1 is 1.24 bits per heavy atom. The van der Waals surface area contributed by atoms with Crippen molar-refractivity contribution >= 4 is 11.6 Å². The Morgan fingerprint density at radius 3 is 2.45 bits per heavy atom. The van der Waals surface area contributed by atoms with E-state index < -0.39 is 29.0 Å². The summed E-state index contributed by atoms with van der Waals surface area (Å²) < 4.78 is 41.2. The summed E-state index contributed by atoms with van der Waals surface area (Å²) in [6.07, 6.45) is -4.06. The summed E-state index contributed by atoms with van der Waals surface area (Å²) in [5.41, 5.74) is 0.215. The van der Waals surface area contributed by atoms with Gasteiger partial charge in [-0.3, -0.25) is 20.1 Å². The number of fused-ring (bicyclic) bond motifs is 1. The van der Waals surface area contributed by atoms with Crippen molar-refractivity contribution in [3.63, 3.8) is 0 Å². The van der Waals surface area contributed by atoms with E-state index in [9.17, 15) is 18.0 Å². The van der Waals surface area contributed by atoms with Gasteiger partial charge in [0.2, 0.25) is 0 Å². The second-order valence-corrected chi connectivity index (χ2v) is 7.10. The minimum absolute atomic E-state index is 0.0986. The van der Waals surface area contributed by atoms with E-state index in [2.05, 4.69) is 26.4 Å². The van der Waals surface area contributed by atoms with Crippen LogP contribution in [0.25, 0.3) is 0 Å². The summed E-state index contributed by atoms with van der Waals surface area (Å²) in [4.78, 5) is 12.9. The molecule has 1 heterocycles. The predicted molar refractivity (Wildman–Crippen MR) is 104 cm³/mol. The zero-order valence-electron chi connectivity index (χ0n) is 17.0. The van der Waals surface area contributed by atoms with Crippen LogP contribution < -0.4 is 21.3 Å². The van der Waals surface area contributed by atoms with Crippen molar-refractivity contribution in [1.82, 2.24) is 25.7 Å². The van der Waals surface area contributed by atoms with Gasteiger partial charge in [0.05, 0.1) is 11.2 Å². The third-order valence-corrected chi connectivity index (χ3v) is 5.70. The van der Waals surface area contributed by atoms with Gasteiger partial charge in [-0.25, -0.2) is 0 Å². The minimum atomic E-state index is -4.72. The molecule has 0 radical (unpaired) electrons. The van der Waals surface area contributed by atoms with Crippen LogP contribution in [0.5, 0.6) is 0 Å². The third-order valence-electron chi connectivity index (χ3n) is 5.70. The van der Waals surface area contributed by atoms with Crippen LogP contribution in [0.4, 0.5) is 18.9 Å². The summed E-state index contributed by atoms with van der Waals surface area (Å²) in [5, 5.41) is 16.0. The number of aryl methyl sites for hydroxylation is 1. The first kappa shape index (κ1) is 21.3. The number of hydrogen-bond acceptors (Lipinski definition) is 5. The van der Waals surface area contributed by atoms with Crippen molar-refractivity contribution in [2.45, 2.75) is 31.2 Å². The fourth-order valence-corrected chi connectivity index (χ4v) is 4.05. The smallest absolute Gasteiger partial charge is 0.322 e. The van der Waals surface area contributed by atoms with E-state index in [1.807, 2.05) is 27.2 Å². The van der Waals surface area contributed by atoms with Crippen LogP contribution in [0.1, 0.15) is 45.3 Å². The fraction of sp³-hybridized carbons (Fsp3) is 0.474. The molecule has 0 fully saturated rings. The molecule has 7 nitrogen and oxygen atoms in total. The normalized spacial score (nSPS) is 18.0. The number of nitrogens with zero attached hydrogens (tertiary/aromatic N) is 2. The highest BCUT2D eigenvalue weighted by molar-refractivity contribution is 6.06. The molecule has 1 aliphatic carbocycles. The van der Waals surface area contributed by atoms with Gasteiger partial charge < -0.3 is 10.6 Å². The van der Waals surface area contributed by atoms with Gasteiger partial charge in [0.15, 0.2) is 5.69 Å². The van der Waals surface area contributed by atoms with E-state index in [1.165, 1.54) is 14.0 Å². The highest BCUT2D eigenvalue weighted by atomic mass is 19.4. The van der Waals surface area contributed by atoms with Crippen LogP contribution in [0.15, 0.2) is 18.2 Å². The molecule has 0 bridgehead atoms. The van der Waals surface area contributed by atoms with E-state index >= 15 is 0 Å². The van der Waals surface area contributed by atoms with Crippen molar-refractivity contribution in [3.8, 4) is 0 Å². The average Bonchev–Trinajstić information content (AvgIpc) is 3.17. The highest BCUT2D eigenvalue weighted by Gasteiger charge is 2.44. The second-order valence-electron chi connectivity index (χ2n) is 7.10. The molecule has 0 saturated carbocycles. The number of nitrogens with one attached hydrogen (secondary N) is 4. The monoisotopic (exact) mass is 410 g/mol. The Balaban J connectivity index is 2.06. The Morgan fingerprint density at radius 2 is 1.90 bits per heavy atom. The van der Waals surface area contributed by atoms with Gasteiger partial charge in [0.25, 0.3) is 5.91 Å². The number of carbonyl (C=O) groups excluding carboxylic acids is 1. The maximum atomic E-state index is 13.4. The Hall–Kier alpha value is -2.43. The van der Waals surface area contributed by atoms with Crippen molar-refractivity contribution in [2.75, 3.05) is 26.5 Å². The molecule has 29 heavy (non-hydrogen) atoms. The SMILES string of the molecule is CNC1CC(NC)(NC)c2cccc(NC(=O)c3c(C(F)(F)F)nn(C)c3C)c21. The zero-order valence-corrected chi connectivity index (χ0v) is 17.0. The first-order valence-electron chi connectivity index (χ1n) is 9.20. The lowest BCUT2D eigenvalue weighted by Gasteiger charge is -2.30. The van der Waals surface area contributed by atoms with E-state index in [0.29, 0.717) is 12.1 Å². The summed E-state index contributed by atoms with van der Waals surface area (Å²) >= 11 is 0. The molecule has 3 rings (SSSR count). The first-order chi connectivity index (χ1) is 13.6. The molecule has 0 saturated heterocycles. The van der Waals surface area contributed by atoms with Gasteiger partial charge in [-0.15, -0.1) is 0 Å². The van der Waals surface area contributed by atoms with Crippen LogP contribution >= 0.6 is 0 Å². The molecular formula is C19H25F3N6O. The number of aromatic nitrogens is 2. The molecule has 0 spiro atoms. The van der Waals surface area contributed by atoms with Crippen LogP contribution in [0, 0.1) is 6.92 Å². The van der Waals surface area contributed by atoms with Gasteiger partial charge in [-0.1, -0.05) is 12.1 Å². The number of halogens is 3. The van der Waals surface area contributed by atoms with Crippen molar-refractivity contribution in [2.24, 2.45) is 7.05 Å².